The van der Waals surface area contributed by atoms with E-state index in [4.69, 9.17) is 4.74 Å². The molecule has 5 heteroatoms. The summed E-state index contributed by atoms with van der Waals surface area (Å²) in [6, 6.07) is 11.7. The summed E-state index contributed by atoms with van der Waals surface area (Å²) in [5.41, 5.74) is 3.10. The monoisotopic (exact) mass is 312 g/mol. The second-order valence-electron chi connectivity index (χ2n) is 5.69. The summed E-state index contributed by atoms with van der Waals surface area (Å²) < 4.78 is 5.43. The van der Waals surface area contributed by atoms with Gasteiger partial charge in [-0.2, -0.15) is 0 Å². The SMILES string of the molecule is CCOc1cc(CN2Cc3ccccc3C(C(=O)O)C2)ccn1. The van der Waals surface area contributed by atoms with E-state index < -0.39 is 11.9 Å². The Kier molecular flexibility index (Phi) is 4.57. The Bertz CT molecular complexity index is 702. The minimum absolute atomic E-state index is 0.479. The van der Waals surface area contributed by atoms with E-state index in [1.807, 2.05) is 43.3 Å². The minimum Gasteiger partial charge on any atom is -0.481 e. The molecule has 23 heavy (non-hydrogen) atoms. The molecule has 0 aliphatic carbocycles. The Hall–Kier alpha value is -2.40. The molecule has 3 rings (SSSR count). The van der Waals surface area contributed by atoms with E-state index in [0.717, 1.165) is 23.2 Å². The molecule has 1 aromatic heterocycles. The first-order chi connectivity index (χ1) is 11.2. The first-order valence-corrected chi connectivity index (χ1v) is 7.78. The number of hydrogen-bond acceptors (Lipinski definition) is 4. The van der Waals surface area contributed by atoms with Crippen LogP contribution >= 0.6 is 0 Å². The van der Waals surface area contributed by atoms with Crippen LogP contribution in [0, 0.1) is 0 Å². The van der Waals surface area contributed by atoms with E-state index in [9.17, 15) is 9.90 Å². The number of hydrogen-bond donors (Lipinski definition) is 1. The lowest BCUT2D eigenvalue weighted by molar-refractivity contribution is -0.139. The van der Waals surface area contributed by atoms with Crippen molar-refractivity contribution in [3.05, 3.63) is 59.3 Å². The molecule has 0 amide bonds. The molecule has 0 radical (unpaired) electrons. The molecule has 0 saturated carbocycles. The minimum atomic E-state index is -0.771. The molecule has 5 nitrogen and oxygen atoms in total. The zero-order chi connectivity index (χ0) is 16.2. The van der Waals surface area contributed by atoms with Crippen LogP contribution in [-0.4, -0.2) is 34.1 Å². The van der Waals surface area contributed by atoms with E-state index in [-0.39, 0.29) is 0 Å². The van der Waals surface area contributed by atoms with Crippen LogP contribution in [0.2, 0.25) is 0 Å². The third kappa shape index (κ3) is 3.51. The second-order valence-corrected chi connectivity index (χ2v) is 5.69. The smallest absolute Gasteiger partial charge is 0.312 e. The number of benzene rings is 1. The number of aromatic nitrogens is 1. The molecule has 120 valence electrons. The molecule has 2 heterocycles. The van der Waals surface area contributed by atoms with Crippen molar-refractivity contribution < 1.29 is 14.6 Å². The maximum atomic E-state index is 11.6. The summed E-state index contributed by atoms with van der Waals surface area (Å²) in [5.74, 6) is -0.641. The summed E-state index contributed by atoms with van der Waals surface area (Å²) in [6.07, 6.45) is 1.73. The number of carbonyl (C=O) groups is 1. The molecular weight excluding hydrogens is 292 g/mol. The number of nitrogens with zero attached hydrogens (tertiary/aromatic N) is 2. The van der Waals surface area contributed by atoms with Crippen LogP contribution in [0.15, 0.2) is 42.6 Å². The Morgan fingerprint density at radius 2 is 2.22 bits per heavy atom. The Balaban J connectivity index is 1.79. The van der Waals surface area contributed by atoms with Gasteiger partial charge < -0.3 is 9.84 Å². The van der Waals surface area contributed by atoms with Gasteiger partial charge in [-0.25, -0.2) is 4.98 Å². The van der Waals surface area contributed by atoms with Crippen LogP contribution < -0.4 is 4.74 Å². The van der Waals surface area contributed by atoms with E-state index >= 15 is 0 Å². The fraction of sp³-hybridized carbons (Fsp3) is 0.333. The standard InChI is InChI=1S/C18H20N2O3/c1-2-23-17-9-13(7-8-19-17)10-20-11-14-5-3-4-6-15(14)16(12-20)18(21)22/h3-9,16H,2,10-12H2,1H3,(H,21,22). The lowest BCUT2D eigenvalue weighted by Crippen LogP contribution is -2.36. The van der Waals surface area contributed by atoms with E-state index in [1.165, 1.54) is 0 Å². The first-order valence-electron chi connectivity index (χ1n) is 7.78. The third-order valence-corrected chi connectivity index (χ3v) is 4.06. The number of aliphatic carboxylic acids is 1. The Morgan fingerprint density at radius 3 is 3.00 bits per heavy atom. The van der Waals surface area contributed by atoms with Gasteiger partial charge in [-0.05, 0) is 29.7 Å². The molecule has 1 unspecified atom stereocenters. The van der Waals surface area contributed by atoms with E-state index in [0.29, 0.717) is 25.6 Å². The molecule has 1 atom stereocenters. The number of fused-ring (bicyclic) bond motifs is 1. The number of rotatable bonds is 5. The van der Waals surface area contributed by atoms with Crippen LogP contribution in [0.1, 0.15) is 29.5 Å². The molecule has 0 saturated heterocycles. The number of carboxylic acids is 1. The lowest BCUT2D eigenvalue weighted by Gasteiger charge is -2.32. The van der Waals surface area contributed by atoms with E-state index in [2.05, 4.69) is 9.88 Å². The van der Waals surface area contributed by atoms with Crippen LogP contribution in [0.25, 0.3) is 0 Å². The summed E-state index contributed by atoms with van der Waals surface area (Å²) in [6.45, 7) is 4.45. The maximum absolute atomic E-state index is 11.6. The van der Waals surface area contributed by atoms with Crippen molar-refractivity contribution >= 4 is 5.97 Å². The topological polar surface area (TPSA) is 62.7 Å². The van der Waals surface area contributed by atoms with Gasteiger partial charge in [0.2, 0.25) is 5.88 Å². The largest absolute Gasteiger partial charge is 0.481 e. The van der Waals surface area contributed by atoms with Gasteiger partial charge in [0.15, 0.2) is 0 Å². The van der Waals surface area contributed by atoms with Gasteiger partial charge in [-0.3, -0.25) is 9.69 Å². The van der Waals surface area contributed by atoms with Gasteiger partial charge in [0.05, 0.1) is 12.5 Å². The number of ether oxygens (including phenoxy) is 1. The van der Waals surface area contributed by atoms with Crippen LogP contribution in [0.4, 0.5) is 0 Å². The highest BCUT2D eigenvalue weighted by Gasteiger charge is 2.30. The highest BCUT2D eigenvalue weighted by Crippen LogP contribution is 2.29. The zero-order valence-corrected chi connectivity index (χ0v) is 13.1. The molecule has 1 aromatic carbocycles. The number of carboxylic acid groups (broad SMARTS) is 1. The molecular formula is C18H20N2O3. The third-order valence-electron chi connectivity index (χ3n) is 4.06. The fourth-order valence-corrected chi connectivity index (χ4v) is 3.05. The van der Waals surface area contributed by atoms with E-state index in [1.54, 1.807) is 6.20 Å². The molecule has 0 spiro atoms. The van der Waals surface area contributed by atoms with Crippen LogP contribution in [0.3, 0.4) is 0 Å². The van der Waals surface area contributed by atoms with Crippen molar-refractivity contribution in [1.82, 2.24) is 9.88 Å². The summed E-state index contributed by atoms with van der Waals surface area (Å²) in [7, 11) is 0. The normalized spacial score (nSPS) is 17.5. The highest BCUT2D eigenvalue weighted by molar-refractivity contribution is 5.77. The average molecular weight is 312 g/mol. The molecule has 1 N–H and O–H groups in total. The van der Waals surface area contributed by atoms with Gasteiger partial charge in [0, 0.05) is 31.9 Å². The van der Waals surface area contributed by atoms with Gasteiger partial charge in [0.25, 0.3) is 0 Å². The van der Waals surface area contributed by atoms with Crippen molar-refractivity contribution in [3.63, 3.8) is 0 Å². The van der Waals surface area contributed by atoms with Crippen molar-refractivity contribution in [1.29, 1.82) is 0 Å². The molecule has 1 aliphatic heterocycles. The Labute approximate surface area is 135 Å². The Morgan fingerprint density at radius 1 is 1.39 bits per heavy atom. The van der Waals surface area contributed by atoms with Gasteiger partial charge in [0.1, 0.15) is 0 Å². The van der Waals surface area contributed by atoms with Crippen molar-refractivity contribution in [2.45, 2.75) is 25.9 Å². The molecule has 2 aromatic rings. The van der Waals surface area contributed by atoms with Crippen molar-refractivity contribution in [2.24, 2.45) is 0 Å². The van der Waals surface area contributed by atoms with Gasteiger partial charge >= 0.3 is 5.97 Å². The maximum Gasteiger partial charge on any atom is 0.312 e. The van der Waals surface area contributed by atoms with Crippen molar-refractivity contribution in [3.8, 4) is 5.88 Å². The predicted octanol–water partition coefficient (Wildman–Crippen LogP) is 2.66. The van der Waals surface area contributed by atoms with Gasteiger partial charge in [-0.1, -0.05) is 24.3 Å². The number of pyridine rings is 1. The zero-order valence-electron chi connectivity index (χ0n) is 13.1. The van der Waals surface area contributed by atoms with Crippen molar-refractivity contribution in [2.75, 3.05) is 13.2 Å². The average Bonchev–Trinajstić information content (AvgIpc) is 2.54. The summed E-state index contributed by atoms with van der Waals surface area (Å²) in [4.78, 5) is 17.9. The lowest BCUT2D eigenvalue weighted by atomic mass is 9.89. The quantitative estimate of drug-likeness (QED) is 0.919. The summed E-state index contributed by atoms with van der Waals surface area (Å²) >= 11 is 0. The summed E-state index contributed by atoms with van der Waals surface area (Å²) in [5, 5.41) is 9.53. The molecule has 0 bridgehead atoms. The molecule has 0 fully saturated rings. The molecule has 1 aliphatic rings. The highest BCUT2D eigenvalue weighted by atomic mass is 16.5. The second kappa shape index (κ2) is 6.79. The van der Waals surface area contributed by atoms with Gasteiger partial charge in [-0.15, -0.1) is 0 Å². The van der Waals surface area contributed by atoms with Crippen LogP contribution in [-0.2, 0) is 17.9 Å². The predicted molar refractivity (Wildman–Crippen MR) is 86.3 cm³/mol. The van der Waals surface area contributed by atoms with Crippen LogP contribution in [0.5, 0.6) is 5.88 Å². The fourth-order valence-electron chi connectivity index (χ4n) is 3.05. The first kappa shape index (κ1) is 15.5.